The lowest BCUT2D eigenvalue weighted by Gasteiger charge is -2.24. The first kappa shape index (κ1) is 12.5. The molecular formula is C15H19FN2O. The van der Waals surface area contributed by atoms with Gasteiger partial charge in [-0.25, -0.2) is 9.18 Å². The molecule has 102 valence electrons. The van der Waals surface area contributed by atoms with Crippen LogP contribution in [-0.2, 0) is 0 Å². The highest BCUT2D eigenvalue weighted by Gasteiger charge is 2.36. The van der Waals surface area contributed by atoms with E-state index in [2.05, 4.69) is 5.32 Å². The van der Waals surface area contributed by atoms with Gasteiger partial charge in [0.25, 0.3) is 0 Å². The molecular weight excluding hydrogens is 243 g/mol. The molecule has 0 radical (unpaired) electrons. The Kier molecular flexibility index (Phi) is 3.17. The van der Waals surface area contributed by atoms with Crippen LogP contribution in [0.4, 0.5) is 9.18 Å². The van der Waals surface area contributed by atoms with Crippen LogP contribution in [0.25, 0.3) is 0 Å². The van der Waals surface area contributed by atoms with E-state index in [-0.39, 0.29) is 17.9 Å². The molecule has 3 nitrogen and oxygen atoms in total. The molecule has 0 saturated heterocycles. The third-order valence-corrected chi connectivity index (χ3v) is 4.02. The maximum absolute atomic E-state index is 13.0. The van der Waals surface area contributed by atoms with Crippen LogP contribution in [0.1, 0.15) is 37.3 Å². The quantitative estimate of drug-likeness (QED) is 0.888. The molecule has 0 bridgehead atoms. The maximum Gasteiger partial charge on any atom is 0.317 e. The van der Waals surface area contributed by atoms with Gasteiger partial charge in [-0.05, 0) is 49.3 Å². The first-order chi connectivity index (χ1) is 9.15. The van der Waals surface area contributed by atoms with Crippen molar-refractivity contribution in [3.63, 3.8) is 0 Å². The second-order valence-electron chi connectivity index (χ2n) is 5.66. The maximum atomic E-state index is 13.0. The monoisotopic (exact) mass is 262 g/mol. The highest BCUT2D eigenvalue weighted by Crippen LogP contribution is 2.41. The van der Waals surface area contributed by atoms with Crippen molar-refractivity contribution in [1.82, 2.24) is 10.2 Å². The number of benzene rings is 1. The summed E-state index contributed by atoms with van der Waals surface area (Å²) in [7, 11) is 1.85. The van der Waals surface area contributed by atoms with E-state index in [0.29, 0.717) is 12.0 Å². The molecule has 1 atom stereocenters. The van der Waals surface area contributed by atoms with Crippen molar-refractivity contribution in [2.24, 2.45) is 5.92 Å². The largest absolute Gasteiger partial charge is 0.331 e. The van der Waals surface area contributed by atoms with Crippen LogP contribution >= 0.6 is 0 Å². The van der Waals surface area contributed by atoms with Gasteiger partial charge >= 0.3 is 6.03 Å². The van der Waals surface area contributed by atoms with Crippen LogP contribution in [0.15, 0.2) is 24.3 Å². The van der Waals surface area contributed by atoms with E-state index in [1.165, 1.54) is 12.1 Å². The fourth-order valence-electron chi connectivity index (χ4n) is 2.44. The summed E-state index contributed by atoms with van der Waals surface area (Å²) in [6.45, 7) is 0. The lowest BCUT2D eigenvalue weighted by Crippen LogP contribution is -2.41. The highest BCUT2D eigenvalue weighted by molar-refractivity contribution is 5.75. The molecule has 2 fully saturated rings. The van der Waals surface area contributed by atoms with Gasteiger partial charge in [0.2, 0.25) is 0 Å². The molecule has 1 aromatic rings. The molecule has 19 heavy (non-hydrogen) atoms. The van der Waals surface area contributed by atoms with Gasteiger partial charge in [0, 0.05) is 13.1 Å². The van der Waals surface area contributed by atoms with Crippen molar-refractivity contribution in [3.05, 3.63) is 35.6 Å². The molecule has 0 heterocycles. The molecule has 2 aliphatic rings. The number of carbonyl (C=O) groups excluding carboxylic acids is 1. The van der Waals surface area contributed by atoms with Gasteiger partial charge in [-0.15, -0.1) is 0 Å². The number of halogens is 1. The third kappa shape index (κ3) is 2.88. The van der Waals surface area contributed by atoms with Gasteiger partial charge in [-0.3, -0.25) is 0 Å². The van der Waals surface area contributed by atoms with Crippen molar-refractivity contribution in [1.29, 1.82) is 0 Å². The Morgan fingerprint density at radius 1 is 1.26 bits per heavy atom. The second kappa shape index (κ2) is 4.83. The Bertz CT molecular complexity index is 466. The molecule has 1 N–H and O–H groups in total. The predicted octanol–water partition coefficient (Wildman–Crippen LogP) is 3.08. The fraction of sp³-hybridized carbons (Fsp3) is 0.533. The van der Waals surface area contributed by atoms with Gasteiger partial charge in [0.05, 0.1) is 6.04 Å². The van der Waals surface area contributed by atoms with Gasteiger partial charge in [0.15, 0.2) is 0 Å². The van der Waals surface area contributed by atoms with Crippen LogP contribution in [-0.4, -0.2) is 24.0 Å². The topological polar surface area (TPSA) is 32.3 Å². The van der Waals surface area contributed by atoms with E-state index in [1.54, 1.807) is 17.0 Å². The minimum absolute atomic E-state index is 0.0104. The van der Waals surface area contributed by atoms with Crippen molar-refractivity contribution in [2.75, 3.05) is 7.05 Å². The van der Waals surface area contributed by atoms with E-state index >= 15 is 0 Å². The molecule has 2 saturated carbocycles. The van der Waals surface area contributed by atoms with Gasteiger partial charge in [-0.2, -0.15) is 0 Å². The SMILES string of the molecule is CN(C(=O)NC(c1ccc(F)cc1)C1CC1)C1CC1. The van der Waals surface area contributed by atoms with E-state index in [9.17, 15) is 9.18 Å². The molecule has 1 unspecified atom stereocenters. The number of nitrogens with zero attached hydrogens (tertiary/aromatic N) is 1. The van der Waals surface area contributed by atoms with Crippen molar-refractivity contribution < 1.29 is 9.18 Å². The summed E-state index contributed by atoms with van der Waals surface area (Å²) in [6, 6.07) is 6.89. The number of hydrogen-bond donors (Lipinski definition) is 1. The van der Waals surface area contributed by atoms with E-state index < -0.39 is 0 Å². The summed E-state index contributed by atoms with van der Waals surface area (Å²) in [5.41, 5.74) is 1.00. The number of nitrogens with one attached hydrogen (secondary N) is 1. The average molecular weight is 262 g/mol. The van der Waals surface area contributed by atoms with Crippen LogP contribution < -0.4 is 5.32 Å². The summed E-state index contributed by atoms with van der Waals surface area (Å²) >= 11 is 0. The number of carbonyl (C=O) groups is 1. The molecule has 0 aliphatic heterocycles. The highest BCUT2D eigenvalue weighted by atomic mass is 19.1. The summed E-state index contributed by atoms with van der Waals surface area (Å²) < 4.78 is 13.0. The predicted molar refractivity (Wildman–Crippen MR) is 71.2 cm³/mol. The second-order valence-corrected chi connectivity index (χ2v) is 5.66. The number of amides is 2. The minimum atomic E-state index is -0.236. The normalized spacial score (nSPS) is 19.9. The van der Waals surface area contributed by atoms with E-state index in [4.69, 9.17) is 0 Å². The zero-order valence-electron chi connectivity index (χ0n) is 11.1. The van der Waals surface area contributed by atoms with Gasteiger partial charge in [-0.1, -0.05) is 12.1 Å². The smallest absolute Gasteiger partial charge is 0.317 e. The number of rotatable bonds is 4. The van der Waals surface area contributed by atoms with Crippen molar-refractivity contribution in [3.8, 4) is 0 Å². The molecule has 0 spiro atoms. The Morgan fingerprint density at radius 3 is 2.42 bits per heavy atom. The average Bonchev–Trinajstić information content (AvgIpc) is 3.29. The van der Waals surface area contributed by atoms with Gasteiger partial charge < -0.3 is 10.2 Å². The number of urea groups is 1. The molecule has 0 aromatic heterocycles. The zero-order valence-corrected chi connectivity index (χ0v) is 11.1. The first-order valence-corrected chi connectivity index (χ1v) is 6.94. The standard InChI is InChI=1S/C15H19FN2O/c1-18(13-8-9-13)15(19)17-14(10-2-3-10)11-4-6-12(16)7-5-11/h4-7,10,13-14H,2-3,8-9H2,1H3,(H,17,19). The molecule has 4 heteroatoms. The molecule has 3 rings (SSSR count). The van der Waals surface area contributed by atoms with Crippen LogP contribution in [0, 0.1) is 11.7 Å². The first-order valence-electron chi connectivity index (χ1n) is 6.94. The van der Waals surface area contributed by atoms with Crippen molar-refractivity contribution >= 4 is 6.03 Å². The molecule has 2 aliphatic carbocycles. The Hall–Kier alpha value is -1.58. The van der Waals surface area contributed by atoms with Crippen molar-refractivity contribution in [2.45, 2.75) is 37.8 Å². The molecule has 1 aromatic carbocycles. The van der Waals surface area contributed by atoms with Crippen LogP contribution in [0.2, 0.25) is 0 Å². The zero-order chi connectivity index (χ0) is 13.4. The Morgan fingerprint density at radius 2 is 1.89 bits per heavy atom. The summed E-state index contributed by atoms with van der Waals surface area (Å²) in [6.07, 6.45) is 4.48. The van der Waals surface area contributed by atoms with Crippen LogP contribution in [0.3, 0.4) is 0 Å². The third-order valence-electron chi connectivity index (χ3n) is 4.02. The molecule has 2 amide bonds. The summed E-state index contributed by atoms with van der Waals surface area (Å²) in [4.78, 5) is 13.9. The summed E-state index contributed by atoms with van der Waals surface area (Å²) in [5.74, 6) is 0.265. The van der Waals surface area contributed by atoms with Crippen LogP contribution in [0.5, 0.6) is 0 Å². The number of hydrogen-bond acceptors (Lipinski definition) is 1. The lowest BCUT2D eigenvalue weighted by molar-refractivity contribution is 0.201. The van der Waals surface area contributed by atoms with E-state index in [0.717, 1.165) is 31.2 Å². The van der Waals surface area contributed by atoms with Gasteiger partial charge in [0.1, 0.15) is 5.82 Å². The minimum Gasteiger partial charge on any atom is -0.331 e. The Balaban J connectivity index is 1.70. The Labute approximate surface area is 112 Å². The fourth-order valence-corrected chi connectivity index (χ4v) is 2.44. The summed E-state index contributed by atoms with van der Waals surface area (Å²) in [5, 5.41) is 3.10. The lowest BCUT2D eigenvalue weighted by atomic mass is 10.0. The van der Waals surface area contributed by atoms with E-state index in [1.807, 2.05) is 7.05 Å².